The average Bonchev–Trinajstić information content (AvgIpc) is 2.29. The fraction of sp³-hybridized carbons (Fsp3) is 0.615. The Hall–Kier alpha value is -0.890. The van der Waals surface area contributed by atoms with Crippen molar-refractivity contribution >= 4 is 0 Å². The van der Waals surface area contributed by atoms with Crippen LogP contribution < -0.4 is 5.32 Å². The molecule has 1 atom stereocenters. The number of aromatic nitrogens is 1. The highest BCUT2D eigenvalue weighted by atomic mass is 14.9. The molecule has 2 nitrogen and oxygen atoms in total. The fourth-order valence-electron chi connectivity index (χ4n) is 1.86. The van der Waals surface area contributed by atoms with Gasteiger partial charge in [-0.05, 0) is 44.9 Å². The molecule has 2 heteroatoms. The van der Waals surface area contributed by atoms with Crippen LogP contribution in [0.2, 0.25) is 0 Å². The van der Waals surface area contributed by atoms with Gasteiger partial charge in [0, 0.05) is 17.9 Å². The number of hydrogen-bond donors (Lipinski definition) is 1. The van der Waals surface area contributed by atoms with Crippen LogP contribution in [0, 0.1) is 0 Å². The smallest absolute Gasteiger partial charge is 0.0403 e. The third-order valence-corrected chi connectivity index (χ3v) is 2.76. The van der Waals surface area contributed by atoms with E-state index >= 15 is 0 Å². The molecule has 0 bridgehead atoms. The number of aryl methyl sites for hydroxylation is 1. The van der Waals surface area contributed by atoms with Crippen molar-refractivity contribution in [2.45, 2.75) is 45.1 Å². The summed E-state index contributed by atoms with van der Waals surface area (Å²) in [5.41, 5.74) is 1.21. The molecule has 84 valence electrons. The SMILES string of the molecule is CCCC(CCCc1ccccn1)NC. The molecule has 0 spiro atoms. The van der Waals surface area contributed by atoms with Gasteiger partial charge in [0.2, 0.25) is 0 Å². The van der Waals surface area contributed by atoms with E-state index in [4.69, 9.17) is 0 Å². The minimum absolute atomic E-state index is 0.679. The van der Waals surface area contributed by atoms with Gasteiger partial charge in [-0.3, -0.25) is 4.98 Å². The van der Waals surface area contributed by atoms with Gasteiger partial charge in [0.15, 0.2) is 0 Å². The molecule has 0 fully saturated rings. The quantitative estimate of drug-likeness (QED) is 0.742. The van der Waals surface area contributed by atoms with Crippen molar-refractivity contribution < 1.29 is 0 Å². The molecule has 1 rings (SSSR count). The van der Waals surface area contributed by atoms with Crippen LogP contribution in [0.1, 0.15) is 38.3 Å². The highest BCUT2D eigenvalue weighted by Gasteiger charge is 2.04. The Balaban J connectivity index is 2.20. The monoisotopic (exact) mass is 206 g/mol. The number of rotatable bonds is 7. The van der Waals surface area contributed by atoms with Gasteiger partial charge >= 0.3 is 0 Å². The third kappa shape index (κ3) is 4.93. The highest BCUT2D eigenvalue weighted by molar-refractivity contribution is 5.03. The van der Waals surface area contributed by atoms with Crippen LogP contribution in [0.15, 0.2) is 24.4 Å². The highest BCUT2D eigenvalue weighted by Crippen LogP contribution is 2.07. The van der Waals surface area contributed by atoms with Crippen molar-refractivity contribution in [3.8, 4) is 0 Å². The maximum atomic E-state index is 4.33. The van der Waals surface area contributed by atoms with Crippen molar-refractivity contribution in [3.63, 3.8) is 0 Å². The Morgan fingerprint density at radius 3 is 2.80 bits per heavy atom. The molecule has 0 aliphatic heterocycles. The Morgan fingerprint density at radius 2 is 2.20 bits per heavy atom. The summed E-state index contributed by atoms with van der Waals surface area (Å²) < 4.78 is 0. The maximum absolute atomic E-state index is 4.33. The number of nitrogens with zero attached hydrogens (tertiary/aromatic N) is 1. The van der Waals surface area contributed by atoms with Gasteiger partial charge < -0.3 is 5.32 Å². The summed E-state index contributed by atoms with van der Waals surface area (Å²) in [5.74, 6) is 0. The first-order valence-electron chi connectivity index (χ1n) is 5.94. The first-order chi connectivity index (χ1) is 7.36. The molecule has 0 aliphatic rings. The second-order valence-electron chi connectivity index (χ2n) is 3.99. The molecule has 0 saturated heterocycles. The zero-order chi connectivity index (χ0) is 10.9. The fourth-order valence-corrected chi connectivity index (χ4v) is 1.86. The summed E-state index contributed by atoms with van der Waals surface area (Å²) in [6.07, 6.45) is 7.98. The van der Waals surface area contributed by atoms with Crippen LogP contribution in [0.5, 0.6) is 0 Å². The Labute approximate surface area is 93.1 Å². The molecule has 15 heavy (non-hydrogen) atoms. The lowest BCUT2D eigenvalue weighted by atomic mass is 10.0. The van der Waals surface area contributed by atoms with E-state index in [1.54, 1.807) is 0 Å². The van der Waals surface area contributed by atoms with Crippen LogP contribution in [-0.4, -0.2) is 18.1 Å². The van der Waals surface area contributed by atoms with Gasteiger partial charge in [-0.15, -0.1) is 0 Å². The molecule has 0 aromatic carbocycles. The number of pyridine rings is 1. The minimum Gasteiger partial charge on any atom is -0.317 e. The average molecular weight is 206 g/mol. The van der Waals surface area contributed by atoms with E-state index in [0.717, 1.165) is 6.42 Å². The molecule has 1 aromatic rings. The van der Waals surface area contributed by atoms with E-state index in [1.807, 2.05) is 12.3 Å². The zero-order valence-corrected chi connectivity index (χ0v) is 9.87. The van der Waals surface area contributed by atoms with Crippen LogP contribution in [0.4, 0.5) is 0 Å². The van der Waals surface area contributed by atoms with Crippen molar-refractivity contribution in [1.29, 1.82) is 0 Å². The molecule has 1 N–H and O–H groups in total. The van der Waals surface area contributed by atoms with E-state index in [-0.39, 0.29) is 0 Å². The van der Waals surface area contributed by atoms with Crippen LogP contribution in [0.3, 0.4) is 0 Å². The van der Waals surface area contributed by atoms with Crippen molar-refractivity contribution in [1.82, 2.24) is 10.3 Å². The van der Waals surface area contributed by atoms with Gasteiger partial charge in [-0.2, -0.15) is 0 Å². The largest absolute Gasteiger partial charge is 0.317 e. The summed E-state index contributed by atoms with van der Waals surface area (Å²) in [6, 6.07) is 6.81. The summed E-state index contributed by atoms with van der Waals surface area (Å²) in [6.45, 7) is 2.24. The zero-order valence-electron chi connectivity index (χ0n) is 9.87. The summed E-state index contributed by atoms with van der Waals surface area (Å²) in [7, 11) is 2.06. The van der Waals surface area contributed by atoms with E-state index in [0.29, 0.717) is 6.04 Å². The topological polar surface area (TPSA) is 24.9 Å². The van der Waals surface area contributed by atoms with E-state index in [9.17, 15) is 0 Å². The first-order valence-corrected chi connectivity index (χ1v) is 5.94. The summed E-state index contributed by atoms with van der Waals surface area (Å²) >= 11 is 0. The van der Waals surface area contributed by atoms with Gasteiger partial charge in [0.05, 0.1) is 0 Å². The Morgan fingerprint density at radius 1 is 1.33 bits per heavy atom. The van der Waals surface area contributed by atoms with Gasteiger partial charge in [0.25, 0.3) is 0 Å². The minimum atomic E-state index is 0.679. The first kappa shape index (κ1) is 12.2. The predicted molar refractivity (Wildman–Crippen MR) is 64.9 cm³/mol. The van der Waals surface area contributed by atoms with Gasteiger partial charge in [0.1, 0.15) is 0 Å². The van der Waals surface area contributed by atoms with E-state index in [2.05, 4.69) is 36.4 Å². The lowest BCUT2D eigenvalue weighted by molar-refractivity contribution is 0.468. The standard InChI is InChI=1S/C13H22N2/c1-3-7-12(14-2)9-6-10-13-8-4-5-11-15-13/h4-5,8,11-12,14H,3,6-7,9-10H2,1-2H3. The summed E-state index contributed by atoms with van der Waals surface area (Å²) in [5, 5.41) is 3.37. The van der Waals surface area contributed by atoms with E-state index in [1.165, 1.54) is 31.4 Å². The number of nitrogens with one attached hydrogen (secondary N) is 1. The maximum Gasteiger partial charge on any atom is 0.0403 e. The second kappa shape index (κ2) is 7.41. The molecule has 1 heterocycles. The molecule has 0 saturated carbocycles. The molecule has 0 aliphatic carbocycles. The number of hydrogen-bond acceptors (Lipinski definition) is 2. The Bertz CT molecular complexity index is 246. The van der Waals surface area contributed by atoms with Crippen molar-refractivity contribution in [3.05, 3.63) is 30.1 Å². The second-order valence-corrected chi connectivity index (χ2v) is 3.99. The molecule has 0 amide bonds. The molecular formula is C13H22N2. The summed E-state index contributed by atoms with van der Waals surface area (Å²) in [4.78, 5) is 4.33. The predicted octanol–water partition coefficient (Wildman–Crippen LogP) is 2.79. The molecular weight excluding hydrogens is 184 g/mol. The van der Waals surface area contributed by atoms with Crippen LogP contribution in [-0.2, 0) is 6.42 Å². The van der Waals surface area contributed by atoms with Crippen LogP contribution >= 0.6 is 0 Å². The molecule has 1 aromatic heterocycles. The van der Waals surface area contributed by atoms with Crippen molar-refractivity contribution in [2.24, 2.45) is 0 Å². The Kier molecular flexibility index (Phi) is 6.02. The molecule has 1 unspecified atom stereocenters. The molecule has 0 radical (unpaired) electrons. The third-order valence-electron chi connectivity index (χ3n) is 2.76. The van der Waals surface area contributed by atoms with E-state index < -0.39 is 0 Å². The van der Waals surface area contributed by atoms with Gasteiger partial charge in [-0.1, -0.05) is 19.4 Å². The lowest BCUT2D eigenvalue weighted by Crippen LogP contribution is -2.24. The van der Waals surface area contributed by atoms with Gasteiger partial charge in [-0.25, -0.2) is 0 Å². The van der Waals surface area contributed by atoms with Crippen LogP contribution in [0.25, 0.3) is 0 Å². The normalized spacial score (nSPS) is 12.7. The van der Waals surface area contributed by atoms with Crippen molar-refractivity contribution in [2.75, 3.05) is 7.05 Å². The lowest BCUT2D eigenvalue weighted by Gasteiger charge is -2.14.